The summed E-state index contributed by atoms with van der Waals surface area (Å²) in [6, 6.07) is 10.4. The maximum atomic E-state index is 12.5. The van der Waals surface area contributed by atoms with Gasteiger partial charge in [0.2, 0.25) is 0 Å². The first-order chi connectivity index (χ1) is 12.5. The summed E-state index contributed by atoms with van der Waals surface area (Å²) < 4.78 is 1.36. The highest BCUT2D eigenvalue weighted by atomic mass is 16.3. The molecule has 2 amide bonds. The Bertz CT molecular complexity index is 777. The van der Waals surface area contributed by atoms with Crippen molar-refractivity contribution in [3.05, 3.63) is 47.8 Å². The van der Waals surface area contributed by atoms with Crippen molar-refractivity contribution in [2.45, 2.75) is 44.1 Å². The zero-order valence-electron chi connectivity index (χ0n) is 14.6. The Kier molecular flexibility index (Phi) is 5.37. The van der Waals surface area contributed by atoms with Gasteiger partial charge >= 0.3 is 0 Å². The highest BCUT2D eigenvalue weighted by Crippen LogP contribution is 2.26. The van der Waals surface area contributed by atoms with Crippen molar-refractivity contribution in [2.24, 2.45) is 5.73 Å². The van der Waals surface area contributed by atoms with E-state index in [9.17, 15) is 14.7 Å². The van der Waals surface area contributed by atoms with Crippen molar-refractivity contribution in [3.63, 3.8) is 0 Å². The number of para-hydroxylation sites is 1. The Morgan fingerprint density at radius 1 is 1.15 bits per heavy atom. The van der Waals surface area contributed by atoms with Crippen LogP contribution in [0.3, 0.4) is 0 Å². The minimum Gasteiger partial charge on any atom is -0.388 e. The first-order valence-corrected chi connectivity index (χ1v) is 8.94. The molecule has 0 unspecified atom stereocenters. The molecule has 7 heteroatoms. The fourth-order valence-electron chi connectivity index (χ4n) is 3.33. The summed E-state index contributed by atoms with van der Waals surface area (Å²) in [5.74, 6) is -1.09. The minimum atomic E-state index is -0.874. The monoisotopic (exact) mass is 356 g/mol. The van der Waals surface area contributed by atoms with Crippen molar-refractivity contribution in [1.29, 1.82) is 0 Å². The Labute approximate surface area is 152 Å². The Morgan fingerprint density at radius 2 is 1.81 bits per heavy atom. The fourth-order valence-corrected chi connectivity index (χ4v) is 3.33. The highest BCUT2D eigenvalue weighted by Gasteiger charge is 2.29. The number of aliphatic hydroxyl groups is 1. The number of hydrogen-bond acceptors (Lipinski definition) is 4. The van der Waals surface area contributed by atoms with Gasteiger partial charge in [-0.25, -0.2) is 4.68 Å². The normalized spacial score (nSPS) is 16.7. The van der Waals surface area contributed by atoms with Gasteiger partial charge in [-0.05, 0) is 25.0 Å². The van der Waals surface area contributed by atoms with Crippen LogP contribution in [0.5, 0.6) is 0 Å². The van der Waals surface area contributed by atoms with E-state index >= 15 is 0 Å². The Morgan fingerprint density at radius 3 is 2.42 bits per heavy atom. The molecule has 4 N–H and O–H groups in total. The zero-order valence-corrected chi connectivity index (χ0v) is 14.6. The van der Waals surface area contributed by atoms with E-state index in [0.717, 1.165) is 25.7 Å². The average Bonchev–Trinajstić information content (AvgIpc) is 2.98. The van der Waals surface area contributed by atoms with Gasteiger partial charge in [0, 0.05) is 12.6 Å². The maximum Gasteiger partial charge on any atom is 0.271 e. The SMILES string of the molecule is NC(=O)c1cc(C(=O)NCC2(O)CCCCCC2)nn1-c1ccccc1. The van der Waals surface area contributed by atoms with Crippen LogP contribution in [-0.2, 0) is 0 Å². The van der Waals surface area contributed by atoms with Gasteiger partial charge in [-0.3, -0.25) is 9.59 Å². The van der Waals surface area contributed by atoms with Crippen molar-refractivity contribution >= 4 is 11.8 Å². The van der Waals surface area contributed by atoms with Gasteiger partial charge in [0.15, 0.2) is 5.69 Å². The standard InChI is InChI=1S/C19H24N4O3/c20-17(24)16-12-15(22-23(16)14-8-4-3-5-9-14)18(25)21-13-19(26)10-6-1-2-7-11-19/h3-5,8-9,12,26H,1-2,6-7,10-11,13H2,(H2,20,24)(H,21,25). The quantitative estimate of drug-likeness (QED) is 0.709. The molecule has 1 fully saturated rings. The molecular formula is C19H24N4O3. The number of carbonyl (C=O) groups excluding carboxylic acids is 2. The van der Waals surface area contributed by atoms with Crippen molar-refractivity contribution in [1.82, 2.24) is 15.1 Å². The number of amides is 2. The van der Waals surface area contributed by atoms with Crippen LogP contribution in [0.4, 0.5) is 0 Å². The van der Waals surface area contributed by atoms with Crippen LogP contribution in [0.15, 0.2) is 36.4 Å². The molecule has 138 valence electrons. The third kappa shape index (κ3) is 4.11. The second-order valence-electron chi connectivity index (χ2n) is 6.85. The Balaban J connectivity index is 1.76. The summed E-state index contributed by atoms with van der Waals surface area (Å²) in [6.45, 7) is 0.177. The van der Waals surface area contributed by atoms with E-state index in [-0.39, 0.29) is 17.9 Å². The molecule has 0 radical (unpaired) electrons. The van der Waals surface area contributed by atoms with Gasteiger partial charge in [-0.15, -0.1) is 0 Å². The lowest BCUT2D eigenvalue weighted by Gasteiger charge is -2.26. The van der Waals surface area contributed by atoms with E-state index < -0.39 is 17.4 Å². The fraction of sp³-hybridized carbons (Fsp3) is 0.421. The molecule has 0 spiro atoms. The summed E-state index contributed by atoms with van der Waals surface area (Å²) >= 11 is 0. The van der Waals surface area contributed by atoms with E-state index in [1.54, 1.807) is 12.1 Å². The van der Waals surface area contributed by atoms with Crippen molar-refractivity contribution < 1.29 is 14.7 Å². The molecule has 1 aromatic heterocycles. The third-order valence-electron chi connectivity index (χ3n) is 4.81. The number of nitrogens with one attached hydrogen (secondary N) is 1. The zero-order chi connectivity index (χ0) is 18.6. The molecule has 1 aliphatic rings. The van der Waals surface area contributed by atoms with Crippen molar-refractivity contribution in [3.8, 4) is 5.69 Å². The molecule has 26 heavy (non-hydrogen) atoms. The second-order valence-corrected chi connectivity index (χ2v) is 6.85. The predicted octanol–water partition coefficient (Wildman–Crippen LogP) is 1.79. The minimum absolute atomic E-state index is 0.0971. The lowest BCUT2D eigenvalue weighted by Crippen LogP contribution is -2.42. The molecule has 7 nitrogen and oxygen atoms in total. The second kappa shape index (κ2) is 7.70. The van der Waals surface area contributed by atoms with Crippen LogP contribution in [-0.4, -0.2) is 38.8 Å². The molecule has 0 atom stereocenters. The van der Waals surface area contributed by atoms with Crippen LogP contribution in [0.1, 0.15) is 59.5 Å². The molecule has 2 aromatic rings. The largest absolute Gasteiger partial charge is 0.388 e. The molecule has 1 aliphatic carbocycles. The molecule has 3 rings (SSSR count). The van der Waals surface area contributed by atoms with Gasteiger partial charge < -0.3 is 16.2 Å². The summed E-state index contributed by atoms with van der Waals surface area (Å²) in [5.41, 5.74) is 5.42. The van der Waals surface area contributed by atoms with Crippen LogP contribution in [0.2, 0.25) is 0 Å². The van der Waals surface area contributed by atoms with E-state index in [0.29, 0.717) is 18.5 Å². The summed E-state index contributed by atoms with van der Waals surface area (Å²) in [6.07, 6.45) is 5.50. The maximum absolute atomic E-state index is 12.5. The van der Waals surface area contributed by atoms with E-state index in [1.165, 1.54) is 10.7 Å². The molecule has 1 saturated carbocycles. The number of nitrogens with zero attached hydrogens (tertiary/aromatic N) is 2. The lowest BCUT2D eigenvalue weighted by atomic mass is 9.94. The van der Waals surface area contributed by atoms with E-state index in [4.69, 9.17) is 5.73 Å². The molecule has 1 heterocycles. The van der Waals surface area contributed by atoms with Crippen LogP contribution in [0, 0.1) is 0 Å². The van der Waals surface area contributed by atoms with Gasteiger partial charge in [0.05, 0.1) is 11.3 Å². The summed E-state index contributed by atoms with van der Waals surface area (Å²) in [7, 11) is 0. The number of benzene rings is 1. The molecular weight excluding hydrogens is 332 g/mol. The average molecular weight is 356 g/mol. The molecule has 0 bridgehead atoms. The summed E-state index contributed by atoms with van der Waals surface area (Å²) in [5, 5.41) is 17.6. The molecule has 0 aliphatic heterocycles. The topological polar surface area (TPSA) is 110 Å². The highest BCUT2D eigenvalue weighted by molar-refractivity contribution is 5.97. The van der Waals surface area contributed by atoms with Crippen LogP contribution in [0.25, 0.3) is 5.69 Å². The third-order valence-corrected chi connectivity index (χ3v) is 4.81. The predicted molar refractivity (Wildman–Crippen MR) is 97.1 cm³/mol. The number of primary amides is 1. The molecule has 0 saturated heterocycles. The lowest BCUT2D eigenvalue weighted by molar-refractivity contribution is 0.0246. The van der Waals surface area contributed by atoms with Crippen molar-refractivity contribution in [2.75, 3.05) is 6.54 Å². The number of carbonyl (C=O) groups is 2. The van der Waals surface area contributed by atoms with Crippen LogP contribution >= 0.6 is 0 Å². The number of nitrogens with two attached hydrogens (primary N) is 1. The number of aromatic nitrogens is 2. The smallest absolute Gasteiger partial charge is 0.271 e. The Hall–Kier alpha value is -2.67. The molecule has 1 aromatic carbocycles. The van der Waals surface area contributed by atoms with Gasteiger partial charge in [-0.2, -0.15) is 5.10 Å². The first kappa shape index (κ1) is 18.1. The van der Waals surface area contributed by atoms with Gasteiger partial charge in [0.1, 0.15) is 5.69 Å². The summed E-state index contributed by atoms with van der Waals surface area (Å²) in [4.78, 5) is 24.2. The van der Waals surface area contributed by atoms with Gasteiger partial charge in [0.25, 0.3) is 11.8 Å². The van der Waals surface area contributed by atoms with E-state index in [2.05, 4.69) is 10.4 Å². The number of hydrogen-bond donors (Lipinski definition) is 3. The van der Waals surface area contributed by atoms with E-state index in [1.807, 2.05) is 18.2 Å². The van der Waals surface area contributed by atoms with Crippen LogP contribution < -0.4 is 11.1 Å². The van der Waals surface area contributed by atoms with Gasteiger partial charge in [-0.1, -0.05) is 43.9 Å². The first-order valence-electron chi connectivity index (χ1n) is 8.94. The number of rotatable bonds is 5.